The van der Waals surface area contributed by atoms with E-state index in [1.807, 2.05) is 35.2 Å². The predicted molar refractivity (Wildman–Crippen MR) is 94.3 cm³/mol. The van der Waals surface area contributed by atoms with Crippen molar-refractivity contribution in [2.24, 2.45) is 7.05 Å². The Morgan fingerprint density at radius 1 is 1.33 bits per heavy atom. The summed E-state index contributed by atoms with van der Waals surface area (Å²) in [6.45, 7) is 2.94. The first-order chi connectivity index (χ1) is 11.6. The van der Waals surface area contributed by atoms with Gasteiger partial charge in [0.05, 0.1) is 11.4 Å². The number of hydrogen-bond acceptors (Lipinski definition) is 4. The molecule has 0 saturated carbocycles. The smallest absolute Gasteiger partial charge is 0.263 e. The van der Waals surface area contributed by atoms with Crippen LogP contribution in [0.1, 0.15) is 16.1 Å². The molecule has 0 unspecified atom stereocenters. The Kier molecular flexibility index (Phi) is 4.61. The average molecular weight is 342 g/mol. The molecule has 0 aliphatic carbocycles. The third-order valence-electron chi connectivity index (χ3n) is 3.73. The van der Waals surface area contributed by atoms with E-state index in [9.17, 15) is 9.59 Å². The van der Waals surface area contributed by atoms with Gasteiger partial charge >= 0.3 is 0 Å². The lowest BCUT2D eigenvalue weighted by atomic mass is 10.2. The van der Waals surface area contributed by atoms with Crippen LogP contribution in [0.4, 0.5) is 0 Å². The number of nitrogens with zero attached hydrogens (tertiary/aromatic N) is 3. The highest BCUT2D eigenvalue weighted by Crippen LogP contribution is 2.23. The van der Waals surface area contributed by atoms with Gasteiger partial charge in [0.1, 0.15) is 11.3 Å². The summed E-state index contributed by atoms with van der Waals surface area (Å²) < 4.78 is 3.25. The highest BCUT2D eigenvalue weighted by molar-refractivity contribution is 7.13. The number of hydrogen-bond donors (Lipinski definition) is 1. The van der Waals surface area contributed by atoms with E-state index in [0.717, 1.165) is 16.3 Å². The Morgan fingerprint density at radius 3 is 2.92 bits per heavy atom. The third-order valence-corrected chi connectivity index (χ3v) is 4.62. The van der Waals surface area contributed by atoms with Crippen molar-refractivity contribution in [1.82, 2.24) is 19.7 Å². The fourth-order valence-corrected chi connectivity index (χ4v) is 3.10. The van der Waals surface area contributed by atoms with Gasteiger partial charge in [0.2, 0.25) is 0 Å². The summed E-state index contributed by atoms with van der Waals surface area (Å²) in [6, 6.07) is 9.27. The van der Waals surface area contributed by atoms with E-state index in [4.69, 9.17) is 0 Å². The molecule has 3 aromatic heterocycles. The van der Waals surface area contributed by atoms with Crippen molar-refractivity contribution in [3.63, 3.8) is 0 Å². The third kappa shape index (κ3) is 3.30. The first-order valence-electron chi connectivity index (χ1n) is 7.58. The molecule has 1 amide bonds. The number of amides is 1. The monoisotopic (exact) mass is 342 g/mol. The maximum absolute atomic E-state index is 12.1. The number of rotatable bonds is 5. The topological polar surface area (TPSA) is 68.9 Å². The lowest BCUT2D eigenvalue weighted by Crippen LogP contribution is -2.33. The molecule has 124 valence electrons. The number of aromatic nitrogens is 3. The number of aryl methyl sites for hydroxylation is 2. The van der Waals surface area contributed by atoms with Crippen LogP contribution in [0.15, 0.2) is 46.7 Å². The number of carbonyl (C=O) groups excluding carboxylic acids is 1. The van der Waals surface area contributed by atoms with Crippen LogP contribution in [0.2, 0.25) is 0 Å². The zero-order chi connectivity index (χ0) is 17.1. The van der Waals surface area contributed by atoms with Crippen LogP contribution in [-0.2, 0) is 13.6 Å². The van der Waals surface area contributed by atoms with E-state index in [0.29, 0.717) is 13.1 Å². The molecule has 24 heavy (non-hydrogen) atoms. The van der Waals surface area contributed by atoms with Gasteiger partial charge < -0.3 is 9.88 Å². The van der Waals surface area contributed by atoms with Gasteiger partial charge in [0.25, 0.3) is 11.5 Å². The van der Waals surface area contributed by atoms with Crippen LogP contribution in [0.3, 0.4) is 0 Å². The molecular formula is C17H18N4O2S. The van der Waals surface area contributed by atoms with Crippen molar-refractivity contribution in [3.8, 4) is 10.6 Å². The Balaban J connectivity index is 1.63. The largest absolute Gasteiger partial charge is 0.350 e. The first kappa shape index (κ1) is 16.2. The minimum Gasteiger partial charge on any atom is -0.350 e. The Morgan fingerprint density at radius 2 is 2.17 bits per heavy atom. The van der Waals surface area contributed by atoms with E-state index in [-0.39, 0.29) is 17.0 Å². The van der Waals surface area contributed by atoms with Crippen LogP contribution >= 0.6 is 11.3 Å². The number of pyridine rings is 1. The lowest BCUT2D eigenvalue weighted by molar-refractivity contribution is 0.0950. The van der Waals surface area contributed by atoms with E-state index in [1.165, 1.54) is 10.6 Å². The molecule has 0 bridgehead atoms. The minimum atomic E-state index is -0.362. The lowest BCUT2D eigenvalue weighted by Gasteiger charge is -2.07. The summed E-state index contributed by atoms with van der Waals surface area (Å²) in [6.07, 6.45) is 1.62. The van der Waals surface area contributed by atoms with E-state index >= 15 is 0 Å². The zero-order valence-corrected chi connectivity index (χ0v) is 14.3. The van der Waals surface area contributed by atoms with Gasteiger partial charge in [0, 0.05) is 25.5 Å². The minimum absolute atomic E-state index is 0.150. The van der Waals surface area contributed by atoms with Crippen LogP contribution in [-0.4, -0.2) is 26.8 Å². The average Bonchev–Trinajstić information content (AvgIpc) is 3.20. The van der Waals surface area contributed by atoms with Crippen molar-refractivity contribution in [3.05, 3.63) is 63.5 Å². The Hall–Kier alpha value is -2.67. The van der Waals surface area contributed by atoms with Crippen molar-refractivity contribution in [1.29, 1.82) is 0 Å². The second-order valence-corrected chi connectivity index (χ2v) is 6.41. The van der Waals surface area contributed by atoms with Gasteiger partial charge in [-0.15, -0.1) is 11.3 Å². The zero-order valence-electron chi connectivity index (χ0n) is 13.5. The highest BCUT2D eigenvalue weighted by atomic mass is 32.1. The second-order valence-electron chi connectivity index (χ2n) is 5.47. The van der Waals surface area contributed by atoms with Crippen molar-refractivity contribution in [2.45, 2.75) is 13.5 Å². The SMILES string of the molecule is Cc1cc(-c2cccs2)nn1CCNC(=O)c1cccn(C)c1=O. The fourth-order valence-electron chi connectivity index (χ4n) is 2.42. The van der Waals surface area contributed by atoms with Crippen LogP contribution in [0.25, 0.3) is 10.6 Å². The summed E-state index contributed by atoms with van der Waals surface area (Å²) in [5.41, 5.74) is 1.82. The standard InChI is InChI=1S/C17H18N4O2S/c1-12-11-14(15-6-4-10-24-15)19-21(12)9-7-18-16(22)13-5-3-8-20(2)17(13)23/h3-6,8,10-11H,7,9H2,1-2H3,(H,18,22). The molecule has 0 spiro atoms. The van der Waals surface area contributed by atoms with Gasteiger partial charge in [-0.3, -0.25) is 14.3 Å². The van der Waals surface area contributed by atoms with Gasteiger partial charge in [0.15, 0.2) is 0 Å². The molecular weight excluding hydrogens is 324 g/mol. The molecule has 3 aromatic rings. The maximum Gasteiger partial charge on any atom is 0.263 e. The Labute approximate surface area is 143 Å². The van der Waals surface area contributed by atoms with Crippen molar-refractivity contribution >= 4 is 17.2 Å². The van der Waals surface area contributed by atoms with Gasteiger partial charge in [-0.2, -0.15) is 5.10 Å². The van der Waals surface area contributed by atoms with E-state index in [2.05, 4.69) is 10.4 Å². The molecule has 0 atom stereocenters. The molecule has 0 aliphatic rings. The molecule has 7 heteroatoms. The van der Waals surface area contributed by atoms with E-state index in [1.54, 1.807) is 30.6 Å². The van der Waals surface area contributed by atoms with Crippen LogP contribution < -0.4 is 10.9 Å². The highest BCUT2D eigenvalue weighted by Gasteiger charge is 2.11. The molecule has 3 heterocycles. The van der Waals surface area contributed by atoms with Crippen molar-refractivity contribution < 1.29 is 4.79 Å². The molecule has 0 aliphatic heterocycles. The predicted octanol–water partition coefficient (Wildman–Crippen LogP) is 2.05. The van der Waals surface area contributed by atoms with Crippen LogP contribution in [0, 0.1) is 6.92 Å². The molecule has 0 radical (unpaired) electrons. The second kappa shape index (κ2) is 6.84. The molecule has 0 aromatic carbocycles. The fraction of sp³-hybridized carbons (Fsp3) is 0.235. The van der Waals surface area contributed by atoms with Gasteiger partial charge in [-0.1, -0.05) is 6.07 Å². The number of thiophene rings is 1. The van der Waals surface area contributed by atoms with Crippen LogP contribution in [0.5, 0.6) is 0 Å². The number of nitrogens with one attached hydrogen (secondary N) is 1. The Bertz CT molecular complexity index is 909. The maximum atomic E-state index is 12.1. The molecule has 6 nitrogen and oxygen atoms in total. The first-order valence-corrected chi connectivity index (χ1v) is 8.46. The summed E-state index contributed by atoms with van der Waals surface area (Å²) in [5, 5.41) is 9.36. The summed E-state index contributed by atoms with van der Waals surface area (Å²) in [4.78, 5) is 25.2. The molecule has 1 N–H and O–H groups in total. The van der Waals surface area contributed by atoms with Crippen molar-refractivity contribution in [2.75, 3.05) is 6.54 Å². The summed E-state index contributed by atoms with van der Waals surface area (Å²) in [5.74, 6) is -0.362. The number of carbonyl (C=O) groups is 1. The molecule has 3 rings (SSSR count). The van der Waals surface area contributed by atoms with Gasteiger partial charge in [-0.05, 0) is 36.6 Å². The quantitative estimate of drug-likeness (QED) is 0.771. The summed E-state index contributed by atoms with van der Waals surface area (Å²) in [7, 11) is 1.62. The molecule has 0 fully saturated rings. The van der Waals surface area contributed by atoms with E-state index < -0.39 is 0 Å². The van der Waals surface area contributed by atoms with Gasteiger partial charge in [-0.25, -0.2) is 0 Å². The summed E-state index contributed by atoms with van der Waals surface area (Å²) >= 11 is 1.64. The normalized spacial score (nSPS) is 10.8. The molecule has 0 saturated heterocycles.